The summed E-state index contributed by atoms with van der Waals surface area (Å²) in [5.74, 6) is 11.5. The number of amides is 4. The Bertz CT molecular complexity index is 925. The number of primary amides is 2. The number of rotatable bonds is 13. The molecule has 1 aromatic carbocycles. The first kappa shape index (κ1) is 29.2. The average Bonchev–Trinajstić information content (AvgIpc) is 2.71. The van der Waals surface area contributed by atoms with Gasteiger partial charge < -0.3 is 21.0 Å². The van der Waals surface area contributed by atoms with Gasteiger partial charge in [-0.25, -0.2) is 21.3 Å². The second-order valence-electron chi connectivity index (χ2n) is 8.68. The molecule has 0 aliphatic heterocycles. The minimum atomic E-state index is -4.21. The molecule has 11 N–H and O–H groups in total. The molecule has 0 aromatic heterocycles. The third-order valence-corrected chi connectivity index (χ3v) is 5.65. The minimum absolute atomic E-state index is 0.0621. The molecule has 0 aliphatic carbocycles. The smallest absolute Gasteiger partial charge is 0.380 e. The van der Waals surface area contributed by atoms with Gasteiger partial charge in [0.1, 0.15) is 0 Å². The van der Waals surface area contributed by atoms with Gasteiger partial charge in [0.15, 0.2) is 5.75 Å². The first-order valence-electron chi connectivity index (χ1n) is 10.9. The van der Waals surface area contributed by atoms with Crippen LogP contribution in [-0.2, 0) is 10.3 Å². The summed E-state index contributed by atoms with van der Waals surface area (Å²) in [6.45, 7) is 8.16. The number of urea groups is 2. The summed E-state index contributed by atoms with van der Waals surface area (Å²) >= 11 is 0. The van der Waals surface area contributed by atoms with Crippen molar-refractivity contribution in [3.63, 3.8) is 0 Å². The van der Waals surface area contributed by atoms with Gasteiger partial charge in [0, 0.05) is 29.9 Å². The molecule has 0 fully saturated rings. The van der Waals surface area contributed by atoms with Gasteiger partial charge >= 0.3 is 22.4 Å². The fraction of sp³-hybridized carbons (Fsp3) is 0.600. The lowest BCUT2D eigenvalue weighted by molar-refractivity contribution is 0.181. The first-order chi connectivity index (χ1) is 15.6. The number of benzene rings is 1. The second kappa shape index (κ2) is 12.6. The van der Waals surface area contributed by atoms with Crippen LogP contribution < -0.4 is 37.8 Å². The molecule has 14 heteroatoms. The highest BCUT2D eigenvalue weighted by Gasteiger charge is 2.23. The van der Waals surface area contributed by atoms with Crippen LogP contribution in [0.2, 0.25) is 0 Å². The lowest BCUT2D eigenvalue weighted by Gasteiger charge is -2.27. The van der Waals surface area contributed by atoms with Crippen molar-refractivity contribution >= 4 is 28.1 Å². The Kier molecular flexibility index (Phi) is 10.8. The van der Waals surface area contributed by atoms with Crippen molar-refractivity contribution in [2.45, 2.75) is 64.8 Å². The average molecular weight is 503 g/mol. The van der Waals surface area contributed by atoms with E-state index in [9.17, 15) is 18.0 Å². The fourth-order valence-electron chi connectivity index (χ4n) is 3.37. The second-order valence-corrected chi connectivity index (χ2v) is 9.83. The Morgan fingerprint density at radius 1 is 1.00 bits per heavy atom. The Balaban J connectivity index is 3.10. The third-order valence-electron chi connectivity index (χ3n) is 5.25. The molecule has 0 aliphatic rings. The predicted molar refractivity (Wildman–Crippen MR) is 131 cm³/mol. The van der Waals surface area contributed by atoms with Gasteiger partial charge in [-0.3, -0.25) is 10.0 Å². The standard InChI is InChI=1S/C20H38N8O5S/c1-12(2)16-9-14(10-17(13(3)4)18(16)33-34(25,31)32)26-11-15(28(24)20(22)30)7-5-6-8-27(23)19(21)29/h9-10,12-13,15,26H,5-8,11,23-24H2,1-4H3,(H2,21,29)(H2,22,30)(H2,25,31,32)/t15-/m0/s1. The summed E-state index contributed by atoms with van der Waals surface area (Å²) < 4.78 is 28.4. The lowest BCUT2D eigenvalue weighted by Crippen LogP contribution is -2.51. The van der Waals surface area contributed by atoms with Gasteiger partial charge in [-0.05, 0) is 43.2 Å². The van der Waals surface area contributed by atoms with Crippen LogP contribution in [0.1, 0.15) is 69.9 Å². The molecule has 0 radical (unpaired) electrons. The zero-order chi connectivity index (χ0) is 26.2. The third kappa shape index (κ3) is 9.21. The highest BCUT2D eigenvalue weighted by molar-refractivity contribution is 7.84. The molecule has 34 heavy (non-hydrogen) atoms. The number of anilines is 1. The Hall–Kier alpha value is -2.81. The largest absolute Gasteiger partial charge is 0.383 e. The number of hydrogen-bond acceptors (Lipinski definition) is 8. The monoisotopic (exact) mass is 502 g/mol. The van der Waals surface area contributed by atoms with Crippen molar-refractivity contribution in [3.8, 4) is 5.75 Å². The van der Waals surface area contributed by atoms with Crippen molar-refractivity contribution in [1.29, 1.82) is 0 Å². The number of nitrogens with two attached hydrogens (primary N) is 5. The van der Waals surface area contributed by atoms with E-state index < -0.39 is 28.4 Å². The summed E-state index contributed by atoms with van der Waals surface area (Å²) in [6, 6.07) is 1.58. The maximum absolute atomic E-state index is 11.7. The van der Waals surface area contributed by atoms with Gasteiger partial charge in [-0.1, -0.05) is 27.7 Å². The normalized spacial score (nSPS) is 12.5. The quantitative estimate of drug-likeness (QED) is 0.0983. The van der Waals surface area contributed by atoms with Crippen LogP contribution in [-0.4, -0.2) is 49.6 Å². The highest BCUT2D eigenvalue weighted by Crippen LogP contribution is 2.38. The van der Waals surface area contributed by atoms with E-state index in [2.05, 4.69) is 5.32 Å². The van der Waals surface area contributed by atoms with Crippen molar-refractivity contribution in [1.82, 2.24) is 10.0 Å². The zero-order valence-electron chi connectivity index (χ0n) is 20.2. The van der Waals surface area contributed by atoms with Crippen LogP contribution >= 0.6 is 0 Å². The highest BCUT2D eigenvalue weighted by atomic mass is 32.2. The summed E-state index contributed by atoms with van der Waals surface area (Å²) in [5.41, 5.74) is 12.5. The molecule has 194 valence electrons. The molecule has 1 aromatic rings. The Morgan fingerprint density at radius 2 is 1.53 bits per heavy atom. The predicted octanol–water partition coefficient (Wildman–Crippen LogP) is 0.975. The van der Waals surface area contributed by atoms with Gasteiger partial charge in [0.2, 0.25) is 0 Å². The fourth-order valence-corrected chi connectivity index (χ4v) is 3.80. The molecule has 0 heterocycles. The molecule has 0 unspecified atom stereocenters. The van der Waals surface area contributed by atoms with Gasteiger partial charge in [-0.2, -0.15) is 13.6 Å². The van der Waals surface area contributed by atoms with Crippen LogP contribution in [0.15, 0.2) is 12.1 Å². The molecular formula is C20H38N8O5S. The van der Waals surface area contributed by atoms with Crippen molar-refractivity contribution in [2.75, 3.05) is 18.4 Å². The van der Waals surface area contributed by atoms with Crippen molar-refractivity contribution in [3.05, 3.63) is 23.3 Å². The van der Waals surface area contributed by atoms with Gasteiger partial charge in [0.25, 0.3) is 0 Å². The number of hydrazine groups is 2. The molecule has 0 spiro atoms. The zero-order valence-corrected chi connectivity index (χ0v) is 21.0. The maximum atomic E-state index is 11.7. The van der Waals surface area contributed by atoms with E-state index in [4.69, 9.17) is 32.5 Å². The first-order valence-corrected chi connectivity index (χ1v) is 12.4. The van der Waals surface area contributed by atoms with Gasteiger partial charge in [0.05, 0.1) is 6.04 Å². The number of carbonyl (C=O) groups is 2. The van der Waals surface area contributed by atoms with Crippen LogP contribution in [0, 0.1) is 0 Å². The van der Waals surface area contributed by atoms with E-state index in [1.54, 1.807) is 12.1 Å². The van der Waals surface area contributed by atoms with Crippen LogP contribution in [0.4, 0.5) is 15.3 Å². The minimum Gasteiger partial charge on any atom is -0.383 e. The summed E-state index contributed by atoms with van der Waals surface area (Å²) in [5, 5.41) is 10.2. The maximum Gasteiger partial charge on any atom is 0.380 e. The van der Waals surface area contributed by atoms with Gasteiger partial charge in [-0.15, -0.1) is 0 Å². The van der Waals surface area contributed by atoms with Crippen LogP contribution in [0.5, 0.6) is 5.75 Å². The molecule has 4 amide bonds. The van der Waals surface area contributed by atoms with Crippen LogP contribution in [0.25, 0.3) is 0 Å². The van der Waals surface area contributed by atoms with E-state index >= 15 is 0 Å². The molecule has 1 atom stereocenters. The van der Waals surface area contributed by atoms with E-state index in [0.29, 0.717) is 36.1 Å². The Morgan fingerprint density at radius 3 is 1.94 bits per heavy atom. The summed E-state index contributed by atoms with van der Waals surface area (Å²) in [7, 11) is -4.21. The van der Waals surface area contributed by atoms with Crippen molar-refractivity contribution in [2.24, 2.45) is 28.3 Å². The van der Waals surface area contributed by atoms with E-state index in [0.717, 1.165) is 10.0 Å². The molecule has 0 saturated heterocycles. The number of unbranched alkanes of at least 4 members (excludes halogenated alkanes) is 1. The molecule has 1 rings (SSSR count). The number of hydrogen-bond donors (Lipinski definition) is 6. The van der Waals surface area contributed by atoms with E-state index in [1.807, 2.05) is 27.7 Å². The molecule has 0 bridgehead atoms. The van der Waals surface area contributed by atoms with Crippen LogP contribution in [0.3, 0.4) is 0 Å². The van der Waals surface area contributed by atoms with Crippen molar-refractivity contribution < 1.29 is 22.2 Å². The Labute approximate surface area is 201 Å². The number of carbonyl (C=O) groups excluding carboxylic acids is 2. The number of nitrogens with zero attached hydrogens (tertiary/aromatic N) is 2. The van der Waals surface area contributed by atoms with E-state index in [1.165, 1.54) is 0 Å². The topological polar surface area (TPSA) is 226 Å². The summed E-state index contributed by atoms with van der Waals surface area (Å²) in [6.07, 6.45) is 1.64. The lowest BCUT2D eigenvalue weighted by atomic mass is 9.93. The molecular weight excluding hydrogens is 464 g/mol. The number of nitrogens with one attached hydrogen (secondary N) is 1. The van der Waals surface area contributed by atoms with E-state index in [-0.39, 0.29) is 30.7 Å². The molecule has 13 nitrogen and oxygen atoms in total. The molecule has 0 saturated carbocycles. The summed E-state index contributed by atoms with van der Waals surface area (Å²) in [4.78, 5) is 22.7. The SMILES string of the molecule is CC(C)c1cc(NC[C@H](CCCCN(N)C(N)=O)N(N)C(N)=O)cc(C(C)C)c1OS(N)(=O)=O.